The maximum atomic E-state index is 15.4. The lowest BCUT2D eigenvalue weighted by Crippen LogP contribution is -2.41. The van der Waals surface area contributed by atoms with Crippen LogP contribution in [0.25, 0.3) is 129 Å². The molecule has 137 heavy (non-hydrogen) atoms. The van der Waals surface area contributed by atoms with Gasteiger partial charge >= 0.3 is 29.8 Å². The first kappa shape index (κ1) is 90.1. The summed E-state index contributed by atoms with van der Waals surface area (Å²) in [5.41, 5.74) is 4.28. The first-order valence-corrected chi connectivity index (χ1v) is 48.8. The van der Waals surface area contributed by atoms with E-state index in [1.54, 1.807) is 103 Å². The van der Waals surface area contributed by atoms with E-state index in [-0.39, 0.29) is 116 Å². The number of carbonyl (C=O) groups excluding carboxylic acids is 11. The molecular formula is C114H98BrN3O19. The first-order valence-electron chi connectivity index (χ1n) is 47.7. The molecule has 0 fully saturated rings. The fraction of sp³-hybridized carbons (Fsp3) is 0.272. The van der Waals surface area contributed by atoms with Crippen molar-refractivity contribution in [2.75, 3.05) is 64.6 Å². The van der Waals surface area contributed by atoms with E-state index in [2.05, 4.69) is 22.9 Å². The van der Waals surface area contributed by atoms with Gasteiger partial charge in [-0.05, 0) is 236 Å². The Balaban J connectivity index is 0.633. The fourth-order valence-corrected chi connectivity index (χ4v) is 20.6. The number of amides is 6. The lowest BCUT2D eigenvalue weighted by atomic mass is 9.82. The molecule has 3 aliphatic heterocycles. The van der Waals surface area contributed by atoms with Gasteiger partial charge in [-0.1, -0.05) is 181 Å². The standard InChI is InChI=1S/C114H98BrN3O19/c1-7-13-54-130-87-47-46-73-69-31-40-79-95-78(39-30-68(91(69)95)72-34-44-84(101(87)93(72)73)113(128)134-58-17-11-5)107(122)118(108(79)123)53-49-63-22-26-65(27-23-63)137-89-61-86(114(129)135-59-18-12-6)98-83(112(127)133-57-16-10-4)45-36-75-99-88(60-85-96-80(104(119)116(109(85)124)51-19-50-115)41-35-74(102(96)99)100(89)103(75)98)136-64-24-20-62(21-25-64)48-52-117-105(120)76-37-28-66-70-32-42-81(110(125)131-55-14-8-2)97-82(111(126)132-56-15-9-3)43-33-71(92(70)97)67-29-38-77(106(117)121)94(76)90(66)67/h20-47,60-61H,7-19,48-59H2,1-6H3. The Morgan fingerprint density at radius 3 is 0.912 bits per heavy atom. The molecule has 0 unspecified atom stereocenters. The summed E-state index contributed by atoms with van der Waals surface area (Å²) in [5, 5.41) is 14.9. The highest BCUT2D eigenvalue weighted by Crippen LogP contribution is 2.55. The third kappa shape index (κ3) is 15.4. The van der Waals surface area contributed by atoms with Gasteiger partial charge in [0.2, 0.25) is 0 Å². The van der Waals surface area contributed by atoms with Crippen LogP contribution >= 0.6 is 15.9 Å². The highest BCUT2D eigenvalue weighted by molar-refractivity contribution is 9.09. The summed E-state index contributed by atoms with van der Waals surface area (Å²) in [6, 6.07) is 53.6. The smallest absolute Gasteiger partial charge is 0.338 e. The molecule has 0 N–H and O–H groups in total. The molecule has 20 rings (SSSR count). The Labute approximate surface area is 796 Å². The number of esters is 5. The van der Waals surface area contributed by atoms with E-state index >= 15 is 33.6 Å². The molecule has 0 aliphatic carbocycles. The molecule has 0 saturated carbocycles. The van der Waals surface area contributed by atoms with E-state index in [1.165, 1.54) is 14.7 Å². The molecule has 0 saturated heterocycles. The van der Waals surface area contributed by atoms with Crippen LogP contribution in [0.2, 0.25) is 0 Å². The number of imide groups is 3. The van der Waals surface area contributed by atoms with E-state index in [9.17, 15) is 19.2 Å². The molecule has 22 nitrogen and oxygen atoms in total. The van der Waals surface area contributed by atoms with Crippen molar-refractivity contribution in [1.29, 1.82) is 0 Å². The second-order valence-corrected chi connectivity index (χ2v) is 36.4. The van der Waals surface area contributed by atoms with E-state index in [0.29, 0.717) is 176 Å². The monoisotopic (exact) mass is 1890 g/mol. The third-order valence-electron chi connectivity index (χ3n) is 27.2. The average molecular weight is 1890 g/mol. The molecule has 0 atom stereocenters. The molecule has 6 amide bonds. The summed E-state index contributed by atoms with van der Waals surface area (Å²) < 4.78 is 50.1. The topological polar surface area (TPSA) is 271 Å². The highest BCUT2D eigenvalue weighted by Gasteiger charge is 2.41. The van der Waals surface area contributed by atoms with Crippen LogP contribution in [0.3, 0.4) is 0 Å². The zero-order valence-corrected chi connectivity index (χ0v) is 78.6. The molecule has 17 aromatic rings. The zero-order chi connectivity index (χ0) is 94.9. The van der Waals surface area contributed by atoms with E-state index < -0.39 is 65.3 Å². The van der Waals surface area contributed by atoms with Crippen LogP contribution < -0.4 is 14.2 Å². The summed E-state index contributed by atoms with van der Waals surface area (Å²) in [5.74, 6) is -4.36. The summed E-state index contributed by atoms with van der Waals surface area (Å²) in [7, 11) is 0. The normalized spacial score (nSPS) is 13.3. The highest BCUT2D eigenvalue weighted by atomic mass is 79.9. The van der Waals surface area contributed by atoms with E-state index in [0.717, 1.165) is 99.2 Å². The van der Waals surface area contributed by atoms with E-state index in [1.807, 2.05) is 113 Å². The number of ether oxygens (including phenoxy) is 8. The SMILES string of the molecule is CCCCOC(=O)c1ccc2c3ccc4c5c(ccc(c6ccc(OCCCC)c1c62)c53)C(=O)N(CCc1ccc(Oc2cc(C(=O)OCCCC)c3c(C(=O)OCCCC)ccc5c6c(Oc7ccc(CCN8C(=O)c9ccc%10c%11ccc(C(=O)OCCCC)c%12c(C(=O)OCCCC)ccc(c%13ccc(c9c%10%13)C8=O)c%12%11)cc7)cc7c8c(ccc(c2c35)c86)C(=O)N(CCCBr)C7=O)cc1)C4=O. The van der Waals surface area contributed by atoms with Crippen LogP contribution in [0.5, 0.6) is 28.7 Å². The Kier molecular flexibility index (Phi) is 24.7. The van der Waals surface area contributed by atoms with Gasteiger partial charge in [0.25, 0.3) is 35.4 Å². The van der Waals surface area contributed by atoms with Crippen LogP contribution in [0, 0.1) is 0 Å². The van der Waals surface area contributed by atoms with E-state index in [4.69, 9.17) is 37.9 Å². The number of alkyl halides is 1. The number of halogens is 1. The van der Waals surface area contributed by atoms with Gasteiger partial charge in [0.1, 0.15) is 28.7 Å². The van der Waals surface area contributed by atoms with Crippen molar-refractivity contribution in [3.63, 3.8) is 0 Å². The van der Waals surface area contributed by atoms with Crippen LogP contribution in [0.4, 0.5) is 0 Å². The Morgan fingerprint density at radius 2 is 0.533 bits per heavy atom. The van der Waals surface area contributed by atoms with Crippen molar-refractivity contribution < 1.29 is 90.6 Å². The number of unbranched alkanes of at least 4 members (excludes halogenated alkanes) is 6. The fourth-order valence-electron chi connectivity index (χ4n) is 20.4. The predicted octanol–water partition coefficient (Wildman–Crippen LogP) is 25.4. The van der Waals surface area contributed by atoms with Gasteiger partial charge in [-0.25, -0.2) is 24.0 Å². The number of nitrogens with zero attached hydrogens (tertiary/aromatic N) is 3. The molecule has 23 heteroatoms. The van der Waals surface area contributed by atoms with Gasteiger partial charge in [-0.3, -0.25) is 43.5 Å². The molecule has 3 heterocycles. The van der Waals surface area contributed by atoms with Crippen molar-refractivity contribution in [2.24, 2.45) is 0 Å². The molecule has 0 aromatic heterocycles. The van der Waals surface area contributed by atoms with Crippen molar-refractivity contribution in [3.05, 3.63) is 254 Å². The summed E-state index contributed by atoms with van der Waals surface area (Å²) in [6.07, 6.45) is 9.75. The molecular weight excluding hydrogens is 1800 g/mol. The quantitative estimate of drug-likeness (QED) is 0.00665. The molecule has 3 aliphatic rings. The third-order valence-corrected chi connectivity index (χ3v) is 27.8. The van der Waals surface area contributed by atoms with Crippen LogP contribution in [-0.2, 0) is 36.5 Å². The molecule has 0 spiro atoms. The average Bonchev–Trinajstić information content (AvgIpc) is 0.698. The lowest BCUT2D eigenvalue weighted by molar-refractivity contribution is 0.0485. The number of fused-ring (bicyclic) bond motifs is 6. The van der Waals surface area contributed by atoms with Crippen molar-refractivity contribution in [2.45, 2.75) is 138 Å². The number of carbonyl (C=O) groups is 11. The second kappa shape index (κ2) is 37.5. The largest absolute Gasteiger partial charge is 0.493 e. The summed E-state index contributed by atoms with van der Waals surface area (Å²) in [6.45, 7) is 13.5. The van der Waals surface area contributed by atoms with Gasteiger partial charge in [0.15, 0.2) is 0 Å². The minimum Gasteiger partial charge on any atom is -0.493 e. The molecule has 0 bridgehead atoms. The van der Waals surface area contributed by atoms with Crippen LogP contribution in [0.15, 0.2) is 182 Å². The Bertz CT molecular complexity index is 7740. The lowest BCUT2D eigenvalue weighted by Gasteiger charge is -2.29. The number of hydrogen-bond donors (Lipinski definition) is 0. The Morgan fingerprint density at radius 1 is 0.248 bits per heavy atom. The van der Waals surface area contributed by atoms with Gasteiger partial charge in [0, 0.05) is 112 Å². The maximum absolute atomic E-state index is 15.4. The second-order valence-electron chi connectivity index (χ2n) is 35.6. The van der Waals surface area contributed by atoms with Crippen molar-refractivity contribution in [1.82, 2.24) is 14.7 Å². The van der Waals surface area contributed by atoms with Crippen LogP contribution in [-0.4, -0.2) is 145 Å². The Hall–Kier alpha value is -14.7. The van der Waals surface area contributed by atoms with Gasteiger partial charge in [-0.15, -0.1) is 0 Å². The maximum Gasteiger partial charge on any atom is 0.338 e. The van der Waals surface area contributed by atoms with Crippen LogP contribution in [0.1, 0.15) is 250 Å². The zero-order valence-electron chi connectivity index (χ0n) is 77.0. The van der Waals surface area contributed by atoms with Gasteiger partial charge in [-0.2, -0.15) is 0 Å². The van der Waals surface area contributed by atoms with Gasteiger partial charge in [0.05, 0.1) is 73.0 Å². The molecule has 0 radical (unpaired) electrons. The molecule has 17 aromatic carbocycles. The summed E-state index contributed by atoms with van der Waals surface area (Å²) >= 11 is 3.51. The van der Waals surface area contributed by atoms with Crippen molar-refractivity contribution in [3.8, 4) is 28.7 Å². The summed E-state index contributed by atoms with van der Waals surface area (Å²) in [4.78, 5) is 166. The molecule has 690 valence electrons. The predicted molar refractivity (Wildman–Crippen MR) is 534 cm³/mol. The number of rotatable bonds is 37. The van der Waals surface area contributed by atoms with Crippen molar-refractivity contribution >= 4 is 210 Å². The number of benzene rings is 17. The van der Waals surface area contributed by atoms with Gasteiger partial charge < -0.3 is 37.9 Å². The minimum absolute atomic E-state index is 0.00291. The first-order chi connectivity index (χ1) is 66.8. The number of hydrogen-bond acceptors (Lipinski definition) is 19. The minimum atomic E-state index is -0.744.